The van der Waals surface area contributed by atoms with E-state index in [9.17, 15) is 4.79 Å². The van der Waals surface area contributed by atoms with E-state index in [2.05, 4.69) is 15.2 Å². The Morgan fingerprint density at radius 3 is 3.00 bits per heavy atom. The number of para-hydroxylation sites is 1. The molecule has 1 atom stereocenters. The predicted molar refractivity (Wildman–Crippen MR) is 94.4 cm³/mol. The van der Waals surface area contributed by atoms with Gasteiger partial charge < -0.3 is 14.6 Å². The third kappa shape index (κ3) is 3.33. The van der Waals surface area contributed by atoms with Crippen molar-refractivity contribution >= 4 is 16.8 Å². The molecule has 1 N–H and O–H groups in total. The van der Waals surface area contributed by atoms with Crippen LogP contribution in [0.5, 0.6) is 5.88 Å². The van der Waals surface area contributed by atoms with Crippen LogP contribution in [0.15, 0.2) is 42.6 Å². The Morgan fingerprint density at radius 1 is 1.28 bits per heavy atom. The molecule has 4 rings (SSSR count). The third-order valence-corrected chi connectivity index (χ3v) is 4.58. The van der Waals surface area contributed by atoms with Crippen LogP contribution in [0.25, 0.3) is 10.9 Å². The smallest absolute Gasteiger partial charge is 0.233 e. The number of benzene rings is 1. The van der Waals surface area contributed by atoms with Crippen LogP contribution in [0.2, 0.25) is 0 Å². The van der Waals surface area contributed by atoms with Crippen LogP contribution in [-0.4, -0.2) is 45.2 Å². The first kappa shape index (κ1) is 15.6. The van der Waals surface area contributed by atoms with E-state index in [1.165, 1.54) is 0 Å². The van der Waals surface area contributed by atoms with E-state index in [1.807, 2.05) is 54.4 Å². The Labute approximate surface area is 145 Å². The fourth-order valence-corrected chi connectivity index (χ4v) is 3.22. The molecule has 1 aromatic carbocycles. The van der Waals surface area contributed by atoms with Gasteiger partial charge in [0.15, 0.2) is 0 Å². The number of likely N-dealkylation sites (tertiary alicyclic amines) is 1. The largest absolute Gasteiger partial charge is 0.471 e. The number of carbonyl (C=O) groups is 1. The van der Waals surface area contributed by atoms with Gasteiger partial charge in [0, 0.05) is 36.1 Å². The summed E-state index contributed by atoms with van der Waals surface area (Å²) in [7, 11) is 0. The van der Waals surface area contributed by atoms with Crippen molar-refractivity contribution in [3.8, 4) is 5.88 Å². The number of hydrogen-bond donors (Lipinski definition) is 1. The molecule has 2 aromatic heterocycles. The highest BCUT2D eigenvalue weighted by Gasteiger charge is 2.28. The zero-order valence-corrected chi connectivity index (χ0v) is 14.1. The van der Waals surface area contributed by atoms with E-state index in [4.69, 9.17) is 4.74 Å². The second-order valence-electron chi connectivity index (χ2n) is 6.42. The Morgan fingerprint density at radius 2 is 2.16 bits per heavy atom. The fraction of sp³-hybridized carbons (Fsp3) is 0.316. The number of aromatic amines is 1. The highest BCUT2D eigenvalue weighted by atomic mass is 16.5. The summed E-state index contributed by atoms with van der Waals surface area (Å²) < 4.78 is 5.84. The van der Waals surface area contributed by atoms with Gasteiger partial charge >= 0.3 is 0 Å². The normalized spacial score (nSPS) is 17.2. The van der Waals surface area contributed by atoms with E-state index >= 15 is 0 Å². The van der Waals surface area contributed by atoms with Gasteiger partial charge in [-0.15, -0.1) is 5.10 Å². The summed E-state index contributed by atoms with van der Waals surface area (Å²) in [6, 6.07) is 11.7. The number of nitrogens with one attached hydrogen (secondary N) is 1. The monoisotopic (exact) mass is 336 g/mol. The molecule has 25 heavy (non-hydrogen) atoms. The lowest BCUT2D eigenvalue weighted by molar-refractivity contribution is -0.129. The molecular formula is C19H20N4O2. The maximum Gasteiger partial charge on any atom is 0.233 e. The number of carbonyl (C=O) groups excluding carboxylic acids is 1. The Hall–Kier alpha value is -2.89. The molecule has 3 heterocycles. The van der Waals surface area contributed by atoms with Gasteiger partial charge in [-0.2, -0.15) is 5.10 Å². The minimum Gasteiger partial charge on any atom is -0.471 e. The first-order chi connectivity index (χ1) is 12.2. The molecule has 0 radical (unpaired) electrons. The summed E-state index contributed by atoms with van der Waals surface area (Å²) in [5.41, 5.74) is 2.95. The van der Waals surface area contributed by atoms with Crippen molar-refractivity contribution in [1.82, 2.24) is 20.1 Å². The number of aryl methyl sites for hydroxylation is 1. The van der Waals surface area contributed by atoms with E-state index < -0.39 is 0 Å². The zero-order valence-electron chi connectivity index (χ0n) is 14.1. The van der Waals surface area contributed by atoms with E-state index in [0.29, 0.717) is 25.4 Å². The zero-order chi connectivity index (χ0) is 17.2. The maximum atomic E-state index is 12.6. The van der Waals surface area contributed by atoms with E-state index in [1.54, 1.807) is 0 Å². The minimum atomic E-state index is -0.0241. The molecule has 128 valence electrons. The average Bonchev–Trinajstić information content (AvgIpc) is 3.25. The summed E-state index contributed by atoms with van der Waals surface area (Å²) in [5, 5.41) is 9.13. The van der Waals surface area contributed by atoms with Crippen LogP contribution < -0.4 is 4.74 Å². The van der Waals surface area contributed by atoms with Crippen LogP contribution in [-0.2, 0) is 11.2 Å². The van der Waals surface area contributed by atoms with Crippen LogP contribution in [0.1, 0.15) is 17.7 Å². The molecule has 1 aliphatic rings. The lowest BCUT2D eigenvalue weighted by atomic mass is 10.1. The Balaban J connectivity index is 1.38. The van der Waals surface area contributed by atoms with Gasteiger partial charge in [0.1, 0.15) is 6.10 Å². The van der Waals surface area contributed by atoms with Crippen molar-refractivity contribution in [2.45, 2.75) is 25.9 Å². The van der Waals surface area contributed by atoms with Gasteiger partial charge in [0.2, 0.25) is 11.8 Å². The first-order valence-corrected chi connectivity index (χ1v) is 8.49. The number of H-pyrrole nitrogens is 1. The summed E-state index contributed by atoms with van der Waals surface area (Å²) >= 11 is 0. The third-order valence-electron chi connectivity index (χ3n) is 4.58. The second kappa shape index (κ2) is 6.55. The van der Waals surface area contributed by atoms with Gasteiger partial charge in [0.05, 0.1) is 18.7 Å². The van der Waals surface area contributed by atoms with Crippen molar-refractivity contribution in [2.24, 2.45) is 0 Å². The summed E-state index contributed by atoms with van der Waals surface area (Å²) in [6.07, 6.45) is 3.12. The molecule has 6 nitrogen and oxygen atoms in total. The first-order valence-electron chi connectivity index (χ1n) is 8.49. The molecule has 0 saturated carbocycles. The van der Waals surface area contributed by atoms with Gasteiger partial charge in [-0.1, -0.05) is 18.2 Å². The highest BCUT2D eigenvalue weighted by Crippen LogP contribution is 2.21. The van der Waals surface area contributed by atoms with E-state index in [-0.39, 0.29) is 12.0 Å². The molecule has 0 bridgehead atoms. The van der Waals surface area contributed by atoms with Crippen molar-refractivity contribution in [2.75, 3.05) is 13.1 Å². The second-order valence-corrected chi connectivity index (χ2v) is 6.42. The SMILES string of the molecule is Cc1ccc(O[C@@H]2CCN(C(=O)Cc3c[nH]c4ccccc34)C2)nn1. The Kier molecular flexibility index (Phi) is 4.09. The highest BCUT2D eigenvalue weighted by molar-refractivity contribution is 5.89. The van der Waals surface area contributed by atoms with Crippen LogP contribution in [0.4, 0.5) is 0 Å². The minimum absolute atomic E-state index is 0.0241. The standard InChI is InChI=1S/C19H20N4O2/c1-13-6-7-18(22-21-13)25-15-8-9-23(12-15)19(24)10-14-11-20-17-5-3-2-4-16(14)17/h2-7,11,15,20H,8-10,12H2,1H3/t15-/m1/s1. The summed E-state index contributed by atoms with van der Waals surface area (Å²) in [5.74, 6) is 0.646. The molecular weight excluding hydrogens is 316 g/mol. The van der Waals surface area contributed by atoms with Gasteiger partial charge in [-0.3, -0.25) is 4.79 Å². The number of amides is 1. The van der Waals surface area contributed by atoms with Crippen molar-refractivity contribution in [3.05, 3.63) is 53.9 Å². The molecule has 6 heteroatoms. The van der Waals surface area contributed by atoms with Crippen LogP contribution >= 0.6 is 0 Å². The topological polar surface area (TPSA) is 71.1 Å². The summed E-state index contributed by atoms with van der Waals surface area (Å²) in [6.45, 7) is 3.19. The molecule has 0 unspecified atom stereocenters. The fourth-order valence-electron chi connectivity index (χ4n) is 3.22. The lowest BCUT2D eigenvalue weighted by Crippen LogP contribution is -2.32. The number of ether oxygens (including phenoxy) is 1. The van der Waals surface area contributed by atoms with Crippen LogP contribution in [0, 0.1) is 6.92 Å². The maximum absolute atomic E-state index is 12.6. The number of rotatable bonds is 4. The predicted octanol–water partition coefficient (Wildman–Crippen LogP) is 2.49. The molecule has 1 amide bonds. The van der Waals surface area contributed by atoms with Crippen molar-refractivity contribution < 1.29 is 9.53 Å². The number of aromatic nitrogens is 3. The summed E-state index contributed by atoms with van der Waals surface area (Å²) in [4.78, 5) is 17.7. The van der Waals surface area contributed by atoms with Gasteiger partial charge in [0.25, 0.3) is 0 Å². The Bertz CT molecular complexity index is 888. The average molecular weight is 336 g/mol. The number of nitrogens with zero attached hydrogens (tertiary/aromatic N) is 3. The van der Waals surface area contributed by atoms with Gasteiger partial charge in [-0.05, 0) is 24.6 Å². The number of fused-ring (bicyclic) bond motifs is 1. The quantitative estimate of drug-likeness (QED) is 0.794. The molecule has 1 saturated heterocycles. The van der Waals surface area contributed by atoms with Gasteiger partial charge in [-0.25, -0.2) is 0 Å². The van der Waals surface area contributed by atoms with Crippen molar-refractivity contribution in [3.63, 3.8) is 0 Å². The molecule has 0 spiro atoms. The molecule has 1 aliphatic heterocycles. The number of hydrogen-bond acceptors (Lipinski definition) is 4. The van der Waals surface area contributed by atoms with E-state index in [0.717, 1.165) is 28.6 Å². The lowest BCUT2D eigenvalue weighted by Gasteiger charge is -2.16. The molecule has 1 fully saturated rings. The molecule has 0 aliphatic carbocycles. The van der Waals surface area contributed by atoms with Crippen molar-refractivity contribution in [1.29, 1.82) is 0 Å². The van der Waals surface area contributed by atoms with Crippen LogP contribution in [0.3, 0.4) is 0 Å². The molecule has 3 aromatic rings.